The van der Waals surface area contributed by atoms with Crippen LogP contribution >= 0.6 is 0 Å². The van der Waals surface area contributed by atoms with Crippen molar-refractivity contribution in [1.82, 2.24) is 10.2 Å². The van der Waals surface area contributed by atoms with Gasteiger partial charge in [-0.3, -0.25) is 4.90 Å². The van der Waals surface area contributed by atoms with Crippen molar-refractivity contribution in [2.75, 3.05) is 27.2 Å². The second-order valence-corrected chi connectivity index (χ2v) is 4.90. The summed E-state index contributed by atoms with van der Waals surface area (Å²) in [5, 5.41) is 3.20. The minimum Gasteiger partial charge on any atom is -0.318 e. The maximum Gasteiger partial charge on any atom is 0.0404 e. The number of nitrogens with zero attached hydrogens (tertiary/aromatic N) is 1. The van der Waals surface area contributed by atoms with Gasteiger partial charge in [0, 0.05) is 18.6 Å². The highest BCUT2D eigenvalue weighted by molar-refractivity contribution is 5.31. The number of hydrogen-bond donors (Lipinski definition) is 1. The predicted octanol–water partition coefficient (Wildman–Crippen LogP) is 2.38. The van der Waals surface area contributed by atoms with Crippen molar-refractivity contribution in [2.45, 2.75) is 26.3 Å². The first kappa shape index (κ1) is 13.2. The summed E-state index contributed by atoms with van der Waals surface area (Å²) in [5.74, 6) is 0. The fraction of sp³-hybridized carbons (Fsp3) is 0.571. The minimum atomic E-state index is 0.0855. The average molecular weight is 220 g/mol. The SMILES string of the molecule is CNCCN(C)C(C)(C)c1ccccc1C. The van der Waals surface area contributed by atoms with Crippen LogP contribution in [0.5, 0.6) is 0 Å². The van der Waals surface area contributed by atoms with Crippen LogP contribution < -0.4 is 5.32 Å². The van der Waals surface area contributed by atoms with Gasteiger partial charge in [-0.15, -0.1) is 0 Å². The summed E-state index contributed by atoms with van der Waals surface area (Å²) >= 11 is 0. The Labute approximate surface area is 99.7 Å². The van der Waals surface area contributed by atoms with Gasteiger partial charge in [-0.1, -0.05) is 24.3 Å². The Balaban J connectivity index is 2.88. The van der Waals surface area contributed by atoms with E-state index >= 15 is 0 Å². The van der Waals surface area contributed by atoms with Gasteiger partial charge >= 0.3 is 0 Å². The quantitative estimate of drug-likeness (QED) is 0.819. The van der Waals surface area contributed by atoms with E-state index in [2.05, 4.69) is 62.3 Å². The fourth-order valence-electron chi connectivity index (χ4n) is 2.02. The normalized spacial score (nSPS) is 12.1. The lowest BCUT2D eigenvalue weighted by molar-refractivity contribution is 0.158. The van der Waals surface area contributed by atoms with E-state index in [0.717, 1.165) is 13.1 Å². The molecule has 2 heteroatoms. The molecule has 0 saturated heterocycles. The monoisotopic (exact) mass is 220 g/mol. The lowest BCUT2D eigenvalue weighted by Gasteiger charge is -2.37. The highest BCUT2D eigenvalue weighted by Gasteiger charge is 2.26. The Morgan fingerprint density at radius 1 is 1.25 bits per heavy atom. The molecule has 0 radical (unpaired) electrons. The van der Waals surface area contributed by atoms with E-state index in [1.54, 1.807) is 0 Å². The molecule has 0 heterocycles. The lowest BCUT2D eigenvalue weighted by Crippen LogP contribution is -2.42. The molecule has 1 aromatic rings. The number of rotatable bonds is 5. The molecular formula is C14H24N2. The molecule has 0 saturated carbocycles. The third-order valence-corrected chi connectivity index (χ3v) is 3.46. The number of hydrogen-bond acceptors (Lipinski definition) is 2. The molecule has 90 valence electrons. The molecule has 0 fully saturated rings. The zero-order chi connectivity index (χ0) is 12.2. The molecule has 0 aliphatic rings. The number of nitrogens with one attached hydrogen (secondary N) is 1. The standard InChI is InChI=1S/C14H24N2/c1-12-8-6-7-9-13(12)14(2,3)16(5)11-10-15-4/h6-9,15H,10-11H2,1-5H3. The first-order valence-corrected chi connectivity index (χ1v) is 5.92. The smallest absolute Gasteiger partial charge is 0.0404 e. The van der Waals surface area contributed by atoms with Gasteiger partial charge in [0.05, 0.1) is 0 Å². The topological polar surface area (TPSA) is 15.3 Å². The highest BCUT2D eigenvalue weighted by Crippen LogP contribution is 2.28. The van der Waals surface area contributed by atoms with Crippen LogP contribution in [0.25, 0.3) is 0 Å². The summed E-state index contributed by atoms with van der Waals surface area (Å²) < 4.78 is 0. The van der Waals surface area contributed by atoms with Gasteiger partial charge < -0.3 is 5.32 Å². The zero-order valence-corrected chi connectivity index (χ0v) is 11.2. The maximum atomic E-state index is 3.20. The molecular weight excluding hydrogens is 196 g/mol. The summed E-state index contributed by atoms with van der Waals surface area (Å²) in [5.41, 5.74) is 2.86. The van der Waals surface area contributed by atoms with Crippen LogP contribution in [0.4, 0.5) is 0 Å². The third kappa shape index (κ3) is 2.83. The van der Waals surface area contributed by atoms with Crippen molar-refractivity contribution in [3.8, 4) is 0 Å². The second kappa shape index (κ2) is 5.46. The molecule has 0 amide bonds. The fourth-order valence-corrected chi connectivity index (χ4v) is 2.02. The van der Waals surface area contributed by atoms with Gasteiger partial charge in [0.25, 0.3) is 0 Å². The van der Waals surface area contributed by atoms with Gasteiger partial charge in [-0.05, 0) is 46.0 Å². The molecule has 2 nitrogen and oxygen atoms in total. The van der Waals surface area contributed by atoms with E-state index < -0.39 is 0 Å². The molecule has 0 bridgehead atoms. The number of likely N-dealkylation sites (N-methyl/N-ethyl adjacent to an activating group) is 2. The highest BCUT2D eigenvalue weighted by atomic mass is 15.2. The first-order chi connectivity index (χ1) is 7.50. The average Bonchev–Trinajstić information content (AvgIpc) is 2.26. The van der Waals surface area contributed by atoms with E-state index in [1.807, 2.05) is 7.05 Å². The van der Waals surface area contributed by atoms with E-state index in [4.69, 9.17) is 0 Å². The molecule has 1 aromatic carbocycles. The van der Waals surface area contributed by atoms with Crippen LogP contribution in [0.3, 0.4) is 0 Å². The van der Waals surface area contributed by atoms with Gasteiger partial charge in [0.15, 0.2) is 0 Å². The van der Waals surface area contributed by atoms with Crippen molar-refractivity contribution >= 4 is 0 Å². The summed E-state index contributed by atoms with van der Waals surface area (Å²) in [4.78, 5) is 2.39. The minimum absolute atomic E-state index is 0.0855. The Kier molecular flexibility index (Phi) is 4.51. The number of benzene rings is 1. The van der Waals surface area contributed by atoms with Gasteiger partial charge in [0.1, 0.15) is 0 Å². The maximum absolute atomic E-state index is 3.20. The summed E-state index contributed by atoms with van der Waals surface area (Å²) in [7, 11) is 4.18. The van der Waals surface area contributed by atoms with E-state index in [0.29, 0.717) is 0 Å². The van der Waals surface area contributed by atoms with Crippen molar-refractivity contribution in [2.24, 2.45) is 0 Å². The van der Waals surface area contributed by atoms with Crippen molar-refractivity contribution < 1.29 is 0 Å². The van der Waals surface area contributed by atoms with E-state index in [1.165, 1.54) is 11.1 Å². The number of aryl methyl sites for hydroxylation is 1. The Morgan fingerprint density at radius 3 is 2.44 bits per heavy atom. The second-order valence-electron chi connectivity index (χ2n) is 4.90. The van der Waals surface area contributed by atoms with Crippen LogP contribution in [0.2, 0.25) is 0 Å². The predicted molar refractivity (Wildman–Crippen MR) is 70.8 cm³/mol. The Bertz CT molecular complexity index is 331. The summed E-state index contributed by atoms with van der Waals surface area (Å²) in [6.45, 7) is 8.82. The van der Waals surface area contributed by atoms with Crippen molar-refractivity contribution in [3.63, 3.8) is 0 Å². The molecule has 0 atom stereocenters. The molecule has 0 unspecified atom stereocenters. The summed E-state index contributed by atoms with van der Waals surface area (Å²) in [6, 6.07) is 8.63. The van der Waals surface area contributed by atoms with Crippen LogP contribution in [0, 0.1) is 6.92 Å². The Hall–Kier alpha value is -0.860. The Morgan fingerprint density at radius 2 is 1.88 bits per heavy atom. The van der Waals surface area contributed by atoms with Crippen LogP contribution in [0.15, 0.2) is 24.3 Å². The zero-order valence-electron chi connectivity index (χ0n) is 11.2. The third-order valence-electron chi connectivity index (χ3n) is 3.46. The largest absolute Gasteiger partial charge is 0.318 e. The van der Waals surface area contributed by atoms with Gasteiger partial charge in [0.2, 0.25) is 0 Å². The van der Waals surface area contributed by atoms with Crippen molar-refractivity contribution in [1.29, 1.82) is 0 Å². The molecule has 0 aliphatic heterocycles. The molecule has 0 aliphatic carbocycles. The lowest BCUT2D eigenvalue weighted by atomic mass is 9.89. The van der Waals surface area contributed by atoms with E-state index in [9.17, 15) is 0 Å². The summed E-state index contributed by atoms with van der Waals surface area (Å²) in [6.07, 6.45) is 0. The first-order valence-electron chi connectivity index (χ1n) is 5.92. The molecule has 1 rings (SSSR count). The van der Waals surface area contributed by atoms with E-state index in [-0.39, 0.29) is 5.54 Å². The van der Waals surface area contributed by atoms with Crippen LogP contribution in [-0.4, -0.2) is 32.1 Å². The molecule has 0 spiro atoms. The van der Waals surface area contributed by atoms with Gasteiger partial charge in [-0.25, -0.2) is 0 Å². The van der Waals surface area contributed by atoms with Crippen LogP contribution in [0.1, 0.15) is 25.0 Å². The molecule has 16 heavy (non-hydrogen) atoms. The molecule has 1 N–H and O–H groups in total. The van der Waals surface area contributed by atoms with Crippen molar-refractivity contribution in [3.05, 3.63) is 35.4 Å². The molecule has 0 aromatic heterocycles. The van der Waals surface area contributed by atoms with Crippen LogP contribution in [-0.2, 0) is 5.54 Å². The van der Waals surface area contributed by atoms with Gasteiger partial charge in [-0.2, -0.15) is 0 Å².